The summed E-state index contributed by atoms with van der Waals surface area (Å²) < 4.78 is 41.7. The van der Waals surface area contributed by atoms with Crippen LogP contribution < -0.4 is 5.32 Å². The van der Waals surface area contributed by atoms with E-state index in [4.69, 9.17) is 0 Å². The molecule has 0 spiro atoms. The molecule has 27 heavy (non-hydrogen) atoms. The molecule has 2 aromatic rings. The number of halogens is 3. The second-order valence-electron chi connectivity index (χ2n) is 7.17. The van der Waals surface area contributed by atoms with E-state index in [-0.39, 0.29) is 12.0 Å². The third-order valence-corrected chi connectivity index (χ3v) is 5.40. The summed E-state index contributed by atoms with van der Waals surface area (Å²) in [6.07, 6.45) is -0.987. The SMILES string of the molecule is Cn1ccnc1C(O)(CC(=O)NCC1(c2ccccc2)CCC1)C(F)(F)F. The Morgan fingerprint density at radius 2 is 1.96 bits per heavy atom. The molecule has 146 valence electrons. The molecule has 1 heterocycles. The lowest BCUT2D eigenvalue weighted by Gasteiger charge is -2.42. The fourth-order valence-corrected chi connectivity index (χ4v) is 3.60. The van der Waals surface area contributed by atoms with Crippen LogP contribution >= 0.6 is 0 Å². The Bertz CT molecular complexity index is 800. The molecule has 2 N–H and O–H groups in total. The zero-order valence-corrected chi connectivity index (χ0v) is 15.0. The van der Waals surface area contributed by atoms with Gasteiger partial charge < -0.3 is 15.0 Å². The van der Waals surface area contributed by atoms with E-state index in [2.05, 4.69) is 10.3 Å². The van der Waals surface area contributed by atoms with Gasteiger partial charge >= 0.3 is 6.18 Å². The summed E-state index contributed by atoms with van der Waals surface area (Å²) in [5.41, 5.74) is -2.53. The second kappa shape index (κ2) is 6.99. The maximum atomic E-state index is 13.5. The number of nitrogens with one attached hydrogen (secondary N) is 1. The van der Waals surface area contributed by atoms with Gasteiger partial charge in [0, 0.05) is 31.4 Å². The lowest BCUT2D eigenvalue weighted by molar-refractivity contribution is -0.271. The number of aliphatic hydroxyl groups is 1. The molecule has 5 nitrogen and oxygen atoms in total. The van der Waals surface area contributed by atoms with Gasteiger partial charge in [-0.05, 0) is 18.4 Å². The molecule has 3 rings (SSSR count). The van der Waals surface area contributed by atoms with Gasteiger partial charge in [-0.25, -0.2) is 4.98 Å². The normalized spacial score (nSPS) is 18.4. The van der Waals surface area contributed by atoms with Crippen LogP contribution in [0.3, 0.4) is 0 Å². The highest BCUT2D eigenvalue weighted by molar-refractivity contribution is 5.77. The molecule has 1 aliphatic rings. The minimum Gasteiger partial charge on any atom is -0.374 e. The van der Waals surface area contributed by atoms with Gasteiger partial charge in [-0.15, -0.1) is 0 Å². The number of hydrogen-bond acceptors (Lipinski definition) is 3. The van der Waals surface area contributed by atoms with E-state index in [1.807, 2.05) is 30.3 Å². The van der Waals surface area contributed by atoms with Gasteiger partial charge in [-0.1, -0.05) is 36.8 Å². The number of amides is 1. The first kappa shape index (κ1) is 19.4. The standard InChI is InChI=1S/C19H22F3N3O2/c1-25-11-10-23-16(25)18(27,19(20,21)22)12-15(26)24-13-17(8-5-9-17)14-6-3-2-4-7-14/h2-4,6-7,10-11,27H,5,8-9,12-13H2,1H3,(H,24,26). The highest BCUT2D eigenvalue weighted by Gasteiger charge is 2.58. The summed E-state index contributed by atoms with van der Waals surface area (Å²) in [5.74, 6) is -1.47. The van der Waals surface area contributed by atoms with E-state index >= 15 is 0 Å². The van der Waals surface area contributed by atoms with Crippen molar-refractivity contribution >= 4 is 5.91 Å². The third kappa shape index (κ3) is 3.58. The number of aromatic nitrogens is 2. The predicted octanol–water partition coefficient (Wildman–Crippen LogP) is 2.80. The summed E-state index contributed by atoms with van der Waals surface area (Å²) >= 11 is 0. The first-order valence-electron chi connectivity index (χ1n) is 8.77. The number of alkyl halides is 3. The van der Waals surface area contributed by atoms with Crippen LogP contribution in [0.1, 0.15) is 37.1 Å². The second-order valence-corrected chi connectivity index (χ2v) is 7.17. The van der Waals surface area contributed by atoms with E-state index in [1.54, 1.807) is 0 Å². The smallest absolute Gasteiger partial charge is 0.374 e. The van der Waals surface area contributed by atoms with Crippen molar-refractivity contribution in [3.05, 3.63) is 54.1 Å². The van der Waals surface area contributed by atoms with E-state index < -0.39 is 29.9 Å². The zero-order valence-electron chi connectivity index (χ0n) is 15.0. The van der Waals surface area contributed by atoms with Crippen LogP contribution in [0.4, 0.5) is 13.2 Å². The minimum atomic E-state index is -5.03. The largest absolute Gasteiger partial charge is 0.425 e. The highest BCUT2D eigenvalue weighted by atomic mass is 19.4. The Balaban J connectivity index is 1.73. The van der Waals surface area contributed by atoms with Crippen LogP contribution in [0.2, 0.25) is 0 Å². The zero-order chi connectivity index (χ0) is 19.7. The van der Waals surface area contributed by atoms with Crippen molar-refractivity contribution < 1.29 is 23.1 Å². The van der Waals surface area contributed by atoms with Crippen LogP contribution in [-0.2, 0) is 22.9 Å². The van der Waals surface area contributed by atoms with Crippen molar-refractivity contribution in [1.82, 2.24) is 14.9 Å². The quantitative estimate of drug-likeness (QED) is 0.809. The molecule has 1 aromatic heterocycles. The maximum Gasteiger partial charge on any atom is 0.425 e. The lowest BCUT2D eigenvalue weighted by atomic mass is 9.64. The number of nitrogens with zero attached hydrogens (tertiary/aromatic N) is 2. The van der Waals surface area contributed by atoms with Gasteiger partial charge in [0.2, 0.25) is 11.5 Å². The number of aryl methyl sites for hydroxylation is 1. The van der Waals surface area contributed by atoms with Crippen LogP contribution in [-0.4, -0.2) is 33.3 Å². The molecule has 1 atom stereocenters. The van der Waals surface area contributed by atoms with Gasteiger partial charge in [0.25, 0.3) is 0 Å². The fourth-order valence-electron chi connectivity index (χ4n) is 3.60. The van der Waals surface area contributed by atoms with Crippen molar-refractivity contribution in [3.63, 3.8) is 0 Å². The molecule has 1 fully saturated rings. The van der Waals surface area contributed by atoms with E-state index in [1.165, 1.54) is 13.2 Å². The fraction of sp³-hybridized carbons (Fsp3) is 0.474. The number of rotatable bonds is 6. The Labute approximate surface area is 155 Å². The van der Waals surface area contributed by atoms with Gasteiger partial charge in [-0.2, -0.15) is 13.2 Å². The molecule has 8 heteroatoms. The molecule has 1 aromatic carbocycles. The summed E-state index contributed by atoms with van der Waals surface area (Å²) in [6.45, 7) is 0.240. The molecule has 0 bridgehead atoms. The molecule has 0 radical (unpaired) electrons. The molecule has 1 saturated carbocycles. The summed E-state index contributed by atoms with van der Waals surface area (Å²) in [6, 6.07) is 9.63. The molecule has 1 unspecified atom stereocenters. The summed E-state index contributed by atoms with van der Waals surface area (Å²) in [5, 5.41) is 12.9. The Morgan fingerprint density at radius 3 is 2.44 bits per heavy atom. The number of imidazole rings is 1. The Morgan fingerprint density at radius 1 is 1.30 bits per heavy atom. The van der Waals surface area contributed by atoms with E-state index in [0.29, 0.717) is 0 Å². The van der Waals surface area contributed by atoms with Crippen LogP contribution in [0.15, 0.2) is 42.7 Å². The predicted molar refractivity (Wildman–Crippen MR) is 92.8 cm³/mol. The molecule has 0 aliphatic heterocycles. The Kier molecular flexibility index (Phi) is 5.03. The minimum absolute atomic E-state index is 0.240. The molecule has 0 saturated heterocycles. The topological polar surface area (TPSA) is 67.1 Å². The number of carbonyl (C=O) groups is 1. The first-order chi connectivity index (χ1) is 12.7. The highest BCUT2D eigenvalue weighted by Crippen LogP contribution is 2.44. The third-order valence-electron chi connectivity index (χ3n) is 5.40. The molecule has 1 aliphatic carbocycles. The van der Waals surface area contributed by atoms with Crippen LogP contribution in [0.5, 0.6) is 0 Å². The van der Waals surface area contributed by atoms with Crippen molar-refractivity contribution in [3.8, 4) is 0 Å². The molecular weight excluding hydrogens is 359 g/mol. The first-order valence-corrected chi connectivity index (χ1v) is 8.77. The van der Waals surface area contributed by atoms with Crippen molar-refractivity contribution in [1.29, 1.82) is 0 Å². The van der Waals surface area contributed by atoms with Gasteiger partial charge in [0.1, 0.15) is 0 Å². The van der Waals surface area contributed by atoms with E-state index in [9.17, 15) is 23.1 Å². The molecule has 1 amide bonds. The van der Waals surface area contributed by atoms with E-state index in [0.717, 1.165) is 35.6 Å². The molecular formula is C19H22F3N3O2. The van der Waals surface area contributed by atoms with Gasteiger partial charge in [0.15, 0.2) is 5.82 Å². The van der Waals surface area contributed by atoms with Crippen molar-refractivity contribution in [2.24, 2.45) is 7.05 Å². The lowest BCUT2D eigenvalue weighted by Crippen LogP contribution is -2.50. The van der Waals surface area contributed by atoms with Crippen molar-refractivity contribution in [2.45, 2.75) is 42.9 Å². The van der Waals surface area contributed by atoms with Crippen molar-refractivity contribution in [2.75, 3.05) is 6.54 Å². The van der Waals surface area contributed by atoms with Gasteiger partial charge in [0.05, 0.1) is 6.42 Å². The van der Waals surface area contributed by atoms with Gasteiger partial charge in [-0.3, -0.25) is 4.79 Å². The number of benzene rings is 1. The maximum absolute atomic E-state index is 13.5. The van der Waals surface area contributed by atoms with Crippen LogP contribution in [0, 0.1) is 0 Å². The number of hydrogen-bond donors (Lipinski definition) is 2. The number of carbonyl (C=O) groups excluding carboxylic acids is 1. The average Bonchev–Trinajstić information content (AvgIpc) is 3.00. The Hall–Kier alpha value is -2.35. The van der Waals surface area contributed by atoms with Crippen LogP contribution in [0.25, 0.3) is 0 Å². The average molecular weight is 381 g/mol. The summed E-state index contributed by atoms with van der Waals surface area (Å²) in [4.78, 5) is 15.9. The monoisotopic (exact) mass is 381 g/mol. The summed E-state index contributed by atoms with van der Waals surface area (Å²) in [7, 11) is 1.34.